The zero-order chi connectivity index (χ0) is 13.0. The highest BCUT2D eigenvalue weighted by Gasteiger charge is 2.31. The van der Waals surface area contributed by atoms with Gasteiger partial charge < -0.3 is 11.1 Å². The van der Waals surface area contributed by atoms with Crippen LogP contribution in [0.4, 0.5) is 0 Å². The molecule has 0 aromatic heterocycles. The minimum absolute atomic E-state index is 0.0531. The average molecular weight is 252 g/mol. The molecule has 3 heteroatoms. The number of nitrogens with one attached hydrogen (secondary N) is 1. The third kappa shape index (κ3) is 3.71. The van der Waals surface area contributed by atoms with E-state index in [2.05, 4.69) is 12.2 Å². The summed E-state index contributed by atoms with van der Waals surface area (Å²) in [6.45, 7) is 3.08. The number of hydrogen-bond acceptors (Lipinski definition) is 2. The fourth-order valence-electron chi connectivity index (χ4n) is 3.54. The Bertz CT molecular complexity index is 274. The molecule has 2 fully saturated rings. The molecule has 2 aliphatic carbocycles. The molecule has 0 radical (unpaired) electrons. The van der Waals surface area contributed by atoms with Crippen molar-refractivity contribution in [2.45, 2.75) is 64.3 Å². The van der Waals surface area contributed by atoms with Crippen LogP contribution < -0.4 is 11.1 Å². The Hall–Kier alpha value is -0.570. The van der Waals surface area contributed by atoms with Gasteiger partial charge in [0.2, 0.25) is 5.91 Å². The second-order valence-electron chi connectivity index (χ2n) is 6.42. The topological polar surface area (TPSA) is 55.1 Å². The van der Waals surface area contributed by atoms with Gasteiger partial charge >= 0.3 is 0 Å². The molecule has 18 heavy (non-hydrogen) atoms. The summed E-state index contributed by atoms with van der Waals surface area (Å²) in [5, 5.41) is 3.11. The number of carbonyl (C=O) groups excluding carboxylic acids is 1. The van der Waals surface area contributed by atoms with Crippen molar-refractivity contribution in [1.29, 1.82) is 0 Å². The Morgan fingerprint density at radius 1 is 1.22 bits per heavy atom. The minimum Gasteiger partial charge on any atom is -0.356 e. The lowest BCUT2D eigenvalue weighted by atomic mass is 9.79. The van der Waals surface area contributed by atoms with E-state index >= 15 is 0 Å². The molecule has 1 amide bonds. The fourth-order valence-corrected chi connectivity index (χ4v) is 3.54. The lowest BCUT2D eigenvalue weighted by Gasteiger charge is -2.31. The van der Waals surface area contributed by atoms with Crippen LogP contribution >= 0.6 is 0 Å². The summed E-state index contributed by atoms with van der Waals surface area (Å²) in [6, 6.07) is 0.0766. The molecule has 3 atom stereocenters. The summed E-state index contributed by atoms with van der Waals surface area (Å²) < 4.78 is 0. The summed E-state index contributed by atoms with van der Waals surface area (Å²) in [4.78, 5) is 12.1. The largest absolute Gasteiger partial charge is 0.356 e. The standard InChI is InChI=1S/C15H28N2O/c1-11-6-7-14(16)13(10-11)15(18)17-9-8-12-4-2-3-5-12/h11-14H,2-10,16H2,1H3,(H,17,18). The van der Waals surface area contributed by atoms with E-state index in [1.54, 1.807) is 0 Å². The zero-order valence-corrected chi connectivity index (χ0v) is 11.7. The first kappa shape index (κ1) is 13.9. The normalized spacial score (nSPS) is 33.6. The van der Waals surface area contributed by atoms with Crippen molar-refractivity contribution in [2.24, 2.45) is 23.5 Å². The van der Waals surface area contributed by atoms with Crippen LogP contribution in [0.5, 0.6) is 0 Å². The van der Waals surface area contributed by atoms with E-state index in [1.165, 1.54) is 32.1 Å². The van der Waals surface area contributed by atoms with Crippen LogP contribution in [-0.4, -0.2) is 18.5 Å². The van der Waals surface area contributed by atoms with Gasteiger partial charge in [0, 0.05) is 12.6 Å². The number of hydrogen-bond donors (Lipinski definition) is 2. The van der Waals surface area contributed by atoms with Crippen LogP contribution in [0.3, 0.4) is 0 Å². The smallest absolute Gasteiger partial charge is 0.224 e. The summed E-state index contributed by atoms with van der Waals surface area (Å²) in [7, 11) is 0. The number of rotatable bonds is 4. The van der Waals surface area contributed by atoms with Gasteiger partial charge in [-0.1, -0.05) is 32.6 Å². The van der Waals surface area contributed by atoms with Gasteiger partial charge in [0.25, 0.3) is 0 Å². The molecule has 3 N–H and O–H groups in total. The molecule has 0 heterocycles. The van der Waals surface area contributed by atoms with E-state index < -0.39 is 0 Å². The average Bonchev–Trinajstić information content (AvgIpc) is 2.85. The predicted molar refractivity (Wildman–Crippen MR) is 74.1 cm³/mol. The maximum Gasteiger partial charge on any atom is 0.224 e. The Balaban J connectivity index is 1.69. The fraction of sp³-hybridized carbons (Fsp3) is 0.933. The molecule has 0 aliphatic heterocycles. The molecule has 104 valence electrons. The third-order valence-corrected chi connectivity index (χ3v) is 4.83. The van der Waals surface area contributed by atoms with E-state index in [1.807, 2.05) is 0 Å². The molecular formula is C15H28N2O. The van der Waals surface area contributed by atoms with Crippen molar-refractivity contribution >= 4 is 5.91 Å². The Morgan fingerprint density at radius 3 is 2.67 bits per heavy atom. The molecule has 3 nitrogen and oxygen atoms in total. The van der Waals surface area contributed by atoms with Crippen molar-refractivity contribution in [1.82, 2.24) is 5.32 Å². The predicted octanol–water partition coefficient (Wildman–Crippen LogP) is 2.45. The molecule has 0 aromatic carbocycles. The van der Waals surface area contributed by atoms with Gasteiger partial charge in [-0.3, -0.25) is 4.79 Å². The summed E-state index contributed by atoms with van der Waals surface area (Å²) in [6.07, 6.45) is 9.77. The van der Waals surface area contributed by atoms with Crippen LogP contribution in [0.15, 0.2) is 0 Å². The summed E-state index contributed by atoms with van der Waals surface area (Å²) in [5.74, 6) is 1.75. The second-order valence-corrected chi connectivity index (χ2v) is 6.42. The first-order valence-corrected chi connectivity index (χ1v) is 7.70. The van der Waals surface area contributed by atoms with Crippen LogP contribution in [0, 0.1) is 17.8 Å². The molecule has 0 saturated heterocycles. The minimum atomic E-state index is 0.0531. The summed E-state index contributed by atoms with van der Waals surface area (Å²) >= 11 is 0. The van der Waals surface area contributed by atoms with E-state index in [-0.39, 0.29) is 17.9 Å². The van der Waals surface area contributed by atoms with Crippen molar-refractivity contribution < 1.29 is 4.79 Å². The highest BCUT2D eigenvalue weighted by atomic mass is 16.1. The highest BCUT2D eigenvalue weighted by molar-refractivity contribution is 5.79. The maximum absolute atomic E-state index is 12.1. The molecule has 3 unspecified atom stereocenters. The van der Waals surface area contributed by atoms with Crippen LogP contribution in [0.1, 0.15) is 58.3 Å². The molecule has 0 spiro atoms. The molecule has 2 rings (SSSR count). The van der Waals surface area contributed by atoms with Crippen molar-refractivity contribution in [2.75, 3.05) is 6.54 Å². The number of amides is 1. The van der Waals surface area contributed by atoms with Gasteiger partial charge in [-0.15, -0.1) is 0 Å². The monoisotopic (exact) mass is 252 g/mol. The second kappa shape index (κ2) is 6.55. The van der Waals surface area contributed by atoms with Crippen molar-refractivity contribution in [3.8, 4) is 0 Å². The molecule has 2 saturated carbocycles. The third-order valence-electron chi connectivity index (χ3n) is 4.83. The lowest BCUT2D eigenvalue weighted by molar-refractivity contribution is -0.127. The SMILES string of the molecule is CC1CCC(N)C(C(=O)NCCC2CCCC2)C1. The molecule has 0 aromatic rings. The van der Waals surface area contributed by atoms with Gasteiger partial charge in [-0.25, -0.2) is 0 Å². The Kier molecular flexibility index (Phi) is 5.04. The first-order chi connectivity index (χ1) is 8.66. The van der Waals surface area contributed by atoms with E-state index in [0.29, 0.717) is 5.92 Å². The highest BCUT2D eigenvalue weighted by Crippen LogP contribution is 2.29. The van der Waals surface area contributed by atoms with Gasteiger partial charge in [0.1, 0.15) is 0 Å². The van der Waals surface area contributed by atoms with E-state index in [9.17, 15) is 4.79 Å². The Morgan fingerprint density at radius 2 is 1.94 bits per heavy atom. The molecule has 0 bridgehead atoms. The van der Waals surface area contributed by atoms with Crippen molar-refractivity contribution in [3.63, 3.8) is 0 Å². The molecule has 2 aliphatic rings. The lowest BCUT2D eigenvalue weighted by Crippen LogP contribution is -2.45. The van der Waals surface area contributed by atoms with Gasteiger partial charge in [-0.2, -0.15) is 0 Å². The molecular weight excluding hydrogens is 224 g/mol. The zero-order valence-electron chi connectivity index (χ0n) is 11.7. The van der Waals surface area contributed by atoms with E-state index in [0.717, 1.165) is 31.7 Å². The maximum atomic E-state index is 12.1. The van der Waals surface area contributed by atoms with Crippen molar-refractivity contribution in [3.05, 3.63) is 0 Å². The van der Waals surface area contributed by atoms with Crippen LogP contribution in [0.2, 0.25) is 0 Å². The Labute approximate surface area is 111 Å². The first-order valence-electron chi connectivity index (χ1n) is 7.70. The number of nitrogens with two attached hydrogens (primary N) is 1. The quantitative estimate of drug-likeness (QED) is 0.807. The number of carbonyl (C=O) groups is 1. The van der Waals surface area contributed by atoms with Crippen LogP contribution in [0.25, 0.3) is 0 Å². The van der Waals surface area contributed by atoms with Crippen LogP contribution in [-0.2, 0) is 4.79 Å². The summed E-state index contributed by atoms with van der Waals surface area (Å²) in [5.41, 5.74) is 6.08. The van der Waals surface area contributed by atoms with Gasteiger partial charge in [-0.05, 0) is 37.5 Å². The van der Waals surface area contributed by atoms with Gasteiger partial charge in [0.15, 0.2) is 0 Å². The van der Waals surface area contributed by atoms with Gasteiger partial charge in [0.05, 0.1) is 5.92 Å². The van der Waals surface area contributed by atoms with E-state index in [4.69, 9.17) is 5.73 Å².